The van der Waals surface area contributed by atoms with E-state index in [1.807, 2.05) is 36.4 Å². The van der Waals surface area contributed by atoms with Crippen LogP contribution in [0.1, 0.15) is 23.6 Å². The maximum absolute atomic E-state index is 10.4. The normalized spacial score (nSPS) is 10.7. The Morgan fingerprint density at radius 1 is 1.05 bits per heavy atom. The van der Waals surface area contributed by atoms with Gasteiger partial charge in [-0.3, -0.25) is 0 Å². The lowest BCUT2D eigenvalue weighted by molar-refractivity contribution is -0.131. The van der Waals surface area contributed by atoms with E-state index >= 15 is 0 Å². The third-order valence-electron chi connectivity index (χ3n) is 3.14. The van der Waals surface area contributed by atoms with E-state index in [0.717, 1.165) is 29.4 Å². The van der Waals surface area contributed by atoms with Gasteiger partial charge in [-0.25, -0.2) is 4.79 Å². The van der Waals surface area contributed by atoms with Crippen LogP contribution < -0.4 is 4.74 Å². The van der Waals surface area contributed by atoms with Crippen LogP contribution >= 0.6 is 0 Å². The summed E-state index contributed by atoms with van der Waals surface area (Å²) in [5.74, 6) is -0.0972. The fraction of sp³-hybridized carbons (Fsp3) is 0.167. The minimum Gasteiger partial charge on any atom is -0.489 e. The molecule has 0 atom stereocenters. The predicted molar refractivity (Wildman–Crippen MR) is 83.3 cm³/mol. The molecule has 0 saturated heterocycles. The van der Waals surface area contributed by atoms with Gasteiger partial charge < -0.3 is 9.84 Å². The number of carboxylic acids is 1. The number of aliphatic carboxylic acids is 1. The maximum atomic E-state index is 10.4. The summed E-state index contributed by atoms with van der Waals surface area (Å²) in [7, 11) is 0. The van der Waals surface area contributed by atoms with Crippen molar-refractivity contribution in [3.05, 3.63) is 71.3 Å². The van der Waals surface area contributed by atoms with Crippen molar-refractivity contribution in [1.29, 1.82) is 0 Å². The van der Waals surface area contributed by atoms with E-state index in [9.17, 15) is 4.79 Å². The molecular formula is C18H18O3. The lowest BCUT2D eigenvalue weighted by Gasteiger charge is -2.07. The third kappa shape index (κ3) is 4.80. The molecule has 0 fully saturated rings. The summed E-state index contributed by atoms with van der Waals surface area (Å²) in [5.41, 5.74) is 3.19. The van der Waals surface area contributed by atoms with Crippen LogP contribution in [-0.4, -0.2) is 11.1 Å². The quantitative estimate of drug-likeness (QED) is 0.817. The highest BCUT2D eigenvalue weighted by Gasteiger charge is 1.97. The second-order valence-electron chi connectivity index (χ2n) is 4.70. The molecule has 1 N–H and O–H groups in total. The van der Waals surface area contributed by atoms with Crippen LogP contribution in [0.15, 0.2) is 54.6 Å². The van der Waals surface area contributed by atoms with Crippen LogP contribution in [0.25, 0.3) is 6.08 Å². The Balaban J connectivity index is 1.92. The van der Waals surface area contributed by atoms with Crippen LogP contribution in [-0.2, 0) is 17.8 Å². The van der Waals surface area contributed by atoms with Gasteiger partial charge in [0, 0.05) is 6.08 Å². The molecule has 3 heteroatoms. The van der Waals surface area contributed by atoms with E-state index in [-0.39, 0.29) is 0 Å². The Bertz CT molecular complexity index is 610. The minimum absolute atomic E-state index is 0.494. The summed E-state index contributed by atoms with van der Waals surface area (Å²) in [6.07, 6.45) is 3.71. The van der Waals surface area contributed by atoms with E-state index in [0.29, 0.717) is 6.61 Å². The van der Waals surface area contributed by atoms with E-state index in [4.69, 9.17) is 9.84 Å². The maximum Gasteiger partial charge on any atom is 0.328 e. The molecule has 0 bridgehead atoms. The summed E-state index contributed by atoms with van der Waals surface area (Å²) >= 11 is 0. The zero-order valence-corrected chi connectivity index (χ0v) is 12.0. The van der Waals surface area contributed by atoms with Crippen LogP contribution in [0.4, 0.5) is 0 Å². The van der Waals surface area contributed by atoms with Gasteiger partial charge in [-0.05, 0) is 41.3 Å². The van der Waals surface area contributed by atoms with Crippen LogP contribution in [0.5, 0.6) is 5.75 Å². The van der Waals surface area contributed by atoms with Gasteiger partial charge in [0.15, 0.2) is 0 Å². The number of hydrogen-bond acceptors (Lipinski definition) is 2. The molecule has 0 aromatic heterocycles. The van der Waals surface area contributed by atoms with Gasteiger partial charge in [-0.15, -0.1) is 0 Å². The fourth-order valence-corrected chi connectivity index (χ4v) is 1.88. The Morgan fingerprint density at radius 2 is 1.67 bits per heavy atom. The Morgan fingerprint density at radius 3 is 2.24 bits per heavy atom. The molecule has 2 rings (SSSR count). The highest BCUT2D eigenvalue weighted by Crippen LogP contribution is 2.15. The first-order chi connectivity index (χ1) is 10.2. The number of rotatable bonds is 6. The molecule has 21 heavy (non-hydrogen) atoms. The summed E-state index contributed by atoms with van der Waals surface area (Å²) < 4.78 is 5.72. The van der Waals surface area contributed by atoms with Crippen molar-refractivity contribution in [2.24, 2.45) is 0 Å². The molecule has 0 saturated carbocycles. The van der Waals surface area contributed by atoms with E-state index in [2.05, 4.69) is 19.1 Å². The topological polar surface area (TPSA) is 46.5 Å². The standard InChI is InChI=1S/C18H18O3/c1-2-14-7-10-17(11-8-14)21-13-16-5-3-15(4-6-16)9-12-18(19)20/h3-12H,2,13H2,1H3,(H,19,20). The molecule has 0 heterocycles. The van der Waals surface area contributed by atoms with Crippen LogP contribution in [0.3, 0.4) is 0 Å². The largest absolute Gasteiger partial charge is 0.489 e. The lowest BCUT2D eigenvalue weighted by Crippen LogP contribution is -1.95. The van der Waals surface area contributed by atoms with Gasteiger partial charge in [0.25, 0.3) is 0 Å². The van der Waals surface area contributed by atoms with Crippen molar-refractivity contribution in [3.8, 4) is 5.75 Å². The summed E-state index contributed by atoms with van der Waals surface area (Å²) in [6.45, 7) is 2.62. The van der Waals surface area contributed by atoms with E-state index in [1.54, 1.807) is 6.08 Å². The fourth-order valence-electron chi connectivity index (χ4n) is 1.88. The number of aryl methyl sites for hydroxylation is 1. The second kappa shape index (κ2) is 7.29. The minimum atomic E-state index is -0.946. The smallest absolute Gasteiger partial charge is 0.328 e. The monoisotopic (exact) mass is 282 g/mol. The summed E-state index contributed by atoms with van der Waals surface area (Å²) in [6, 6.07) is 15.7. The van der Waals surface area contributed by atoms with Crippen molar-refractivity contribution in [2.75, 3.05) is 0 Å². The third-order valence-corrected chi connectivity index (χ3v) is 3.14. The number of ether oxygens (including phenoxy) is 1. The Hall–Kier alpha value is -2.55. The number of carbonyl (C=O) groups is 1. The molecule has 0 radical (unpaired) electrons. The average molecular weight is 282 g/mol. The molecule has 0 amide bonds. The van der Waals surface area contributed by atoms with Gasteiger partial charge in [-0.1, -0.05) is 43.3 Å². The number of benzene rings is 2. The van der Waals surface area contributed by atoms with Gasteiger partial charge in [-0.2, -0.15) is 0 Å². The molecule has 3 nitrogen and oxygen atoms in total. The molecule has 0 spiro atoms. The average Bonchev–Trinajstić information content (AvgIpc) is 2.52. The van der Waals surface area contributed by atoms with Crippen molar-refractivity contribution in [1.82, 2.24) is 0 Å². The molecule has 0 aliphatic rings. The van der Waals surface area contributed by atoms with Crippen molar-refractivity contribution < 1.29 is 14.6 Å². The summed E-state index contributed by atoms with van der Waals surface area (Å²) in [5, 5.41) is 8.57. The first-order valence-electron chi connectivity index (χ1n) is 6.89. The Labute approximate surface area is 124 Å². The molecule has 2 aromatic rings. The first-order valence-corrected chi connectivity index (χ1v) is 6.89. The Kier molecular flexibility index (Phi) is 5.16. The van der Waals surface area contributed by atoms with Crippen LogP contribution in [0.2, 0.25) is 0 Å². The molecule has 0 aliphatic heterocycles. The highest BCUT2D eigenvalue weighted by atomic mass is 16.5. The molecule has 2 aromatic carbocycles. The first kappa shape index (κ1) is 14.9. The van der Waals surface area contributed by atoms with E-state index in [1.165, 1.54) is 5.56 Å². The SMILES string of the molecule is CCc1ccc(OCc2ccc(C=CC(=O)O)cc2)cc1. The molecule has 108 valence electrons. The van der Waals surface area contributed by atoms with Crippen LogP contribution in [0, 0.1) is 0 Å². The van der Waals surface area contributed by atoms with Crippen molar-refractivity contribution in [2.45, 2.75) is 20.0 Å². The zero-order valence-electron chi connectivity index (χ0n) is 12.0. The molecular weight excluding hydrogens is 264 g/mol. The van der Waals surface area contributed by atoms with Gasteiger partial charge in [0.05, 0.1) is 0 Å². The number of carboxylic acid groups (broad SMARTS) is 1. The second-order valence-corrected chi connectivity index (χ2v) is 4.70. The van der Waals surface area contributed by atoms with Gasteiger partial charge in [0.2, 0.25) is 0 Å². The van der Waals surface area contributed by atoms with Gasteiger partial charge in [0.1, 0.15) is 12.4 Å². The van der Waals surface area contributed by atoms with Gasteiger partial charge >= 0.3 is 5.97 Å². The molecule has 0 unspecified atom stereocenters. The van der Waals surface area contributed by atoms with Crippen molar-refractivity contribution >= 4 is 12.0 Å². The lowest BCUT2D eigenvalue weighted by atomic mass is 10.1. The zero-order chi connectivity index (χ0) is 15.1. The molecule has 0 aliphatic carbocycles. The predicted octanol–water partition coefficient (Wildman–Crippen LogP) is 3.93. The highest BCUT2D eigenvalue weighted by molar-refractivity contribution is 5.85. The number of hydrogen-bond donors (Lipinski definition) is 1. The van der Waals surface area contributed by atoms with Crippen molar-refractivity contribution in [3.63, 3.8) is 0 Å². The summed E-state index contributed by atoms with van der Waals surface area (Å²) in [4.78, 5) is 10.4. The van der Waals surface area contributed by atoms with E-state index < -0.39 is 5.97 Å².